The molecule has 1 amide bonds. The average Bonchev–Trinajstić information content (AvgIpc) is 3.44. The zero-order chi connectivity index (χ0) is 23.8. The van der Waals surface area contributed by atoms with E-state index in [-0.39, 0.29) is 24.7 Å². The Hall–Kier alpha value is -3.50. The highest BCUT2D eigenvalue weighted by atomic mass is 32.2. The maximum atomic E-state index is 13.8. The molecule has 174 valence electrons. The Kier molecular flexibility index (Phi) is 8.05. The van der Waals surface area contributed by atoms with E-state index in [2.05, 4.69) is 27.1 Å². The van der Waals surface area contributed by atoms with Crippen molar-refractivity contribution in [3.8, 4) is 5.75 Å². The van der Waals surface area contributed by atoms with Crippen LogP contribution in [0.2, 0.25) is 0 Å². The Morgan fingerprint density at radius 3 is 2.76 bits per heavy atom. The van der Waals surface area contributed by atoms with Crippen molar-refractivity contribution in [2.45, 2.75) is 30.5 Å². The molecule has 0 saturated carbocycles. The van der Waals surface area contributed by atoms with E-state index in [1.165, 1.54) is 29.2 Å². The molecule has 2 aromatic heterocycles. The number of carbonyl (C=O) groups is 1. The number of thioether (sulfide) groups is 1. The van der Waals surface area contributed by atoms with Gasteiger partial charge < -0.3 is 10.1 Å². The van der Waals surface area contributed by atoms with Gasteiger partial charge in [-0.1, -0.05) is 48.2 Å². The second-order valence-corrected chi connectivity index (χ2v) is 9.01. The number of halogens is 1. The molecule has 10 heteroatoms. The summed E-state index contributed by atoms with van der Waals surface area (Å²) in [6, 6.07) is 15.6. The largest absolute Gasteiger partial charge is 0.483 e. The predicted molar refractivity (Wildman–Crippen MR) is 131 cm³/mol. The number of amides is 1. The summed E-state index contributed by atoms with van der Waals surface area (Å²) in [5.41, 5.74) is 1.62. The fourth-order valence-electron chi connectivity index (χ4n) is 3.05. The number of hydrogen-bond acceptors (Lipinski definition) is 7. The van der Waals surface area contributed by atoms with E-state index >= 15 is 0 Å². The lowest BCUT2D eigenvalue weighted by atomic mass is 10.3. The normalized spacial score (nSPS) is 10.7. The molecule has 7 nitrogen and oxygen atoms in total. The number of para-hydroxylation sites is 2. The zero-order valence-electron chi connectivity index (χ0n) is 18.2. The molecule has 0 aliphatic rings. The van der Waals surface area contributed by atoms with E-state index in [0.29, 0.717) is 23.3 Å². The fourth-order valence-corrected chi connectivity index (χ4v) is 4.81. The third-order valence-electron chi connectivity index (χ3n) is 4.62. The molecule has 0 spiro atoms. The monoisotopic (exact) mass is 495 g/mol. The van der Waals surface area contributed by atoms with Crippen molar-refractivity contribution in [3.63, 3.8) is 0 Å². The highest BCUT2D eigenvalue weighted by Gasteiger charge is 2.15. The minimum Gasteiger partial charge on any atom is -0.483 e. The number of nitrogens with zero attached hydrogens (tertiary/aromatic N) is 4. The van der Waals surface area contributed by atoms with Crippen molar-refractivity contribution < 1.29 is 13.9 Å². The lowest BCUT2D eigenvalue weighted by molar-refractivity contribution is -0.115. The van der Waals surface area contributed by atoms with Gasteiger partial charge in [0, 0.05) is 23.4 Å². The van der Waals surface area contributed by atoms with Gasteiger partial charge in [-0.05, 0) is 24.3 Å². The lowest BCUT2D eigenvalue weighted by Crippen LogP contribution is -2.14. The second kappa shape index (κ2) is 11.6. The molecule has 4 rings (SSSR count). The molecule has 1 N–H and O–H groups in total. The number of anilines is 1. The van der Waals surface area contributed by atoms with Gasteiger partial charge >= 0.3 is 0 Å². The maximum Gasteiger partial charge on any atom is 0.231 e. The van der Waals surface area contributed by atoms with Gasteiger partial charge in [0.15, 0.2) is 22.5 Å². The standard InChI is InChI=1S/C24H22FN5O2S2/c1-2-12-30-21(14-32-20-11-7-6-10-19(20)25)28-29-24(30)34-16-18-15-33-23(27-18)13-22(31)26-17-8-4-3-5-9-17/h2-11,15H,1,12-14,16H2,(H,26,31). The first kappa shape index (κ1) is 23.7. The maximum absolute atomic E-state index is 13.8. The highest BCUT2D eigenvalue weighted by Crippen LogP contribution is 2.24. The van der Waals surface area contributed by atoms with Crippen LogP contribution in [-0.2, 0) is 30.1 Å². The van der Waals surface area contributed by atoms with E-state index in [4.69, 9.17) is 4.74 Å². The van der Waals surface area contributed by atoms with Gasteiger partial charge in [0.2, 0.25) is 5.91 Å². The van der Waals surface area contributed by atoms with Crippen LogP contribution in [0.15, 0.2) is 77.8 Å². The highest BCUT2D eigenvalue weighted by molar-refractivity contribution is 7.98. The van der Waals surface area contributed by atoms with Gasteiger partial charge in [-0.3, -0.25) is 9.36 Å². The van der Waals surface area contributed by atoms with Gasteiger partial charge in [0.25, 0.3) is 0 Å². The van der Waals surface area contributed by atoms with Crippen LogP contribution in [0.4, 0.5) is 10.1 Å². The van der Waals surface area contributed by atoms with Crippen LogP contribution in [0.25, 0.3) is 0 Å². The first-order chi connectivity index (χ1) is 16.6. The summed E-state index contributed by atoms with van der Waals surface area (Å²) < 4.78 is 21.3. The number of allylic oxidation sites excluding steroid dienone is 1. The van der Waals surface area contributed by atoms with Crippen LogP contribution in [0, 0.1) is 5.82 Å². The van der Waals surface area contributed by atoms with Gasteiger partial charge in [0.1, 0.15) is 11.6 Å². The van der Waals surface area contributed by atoms with Crippen LogP contribution in [0.5, 0.6) is 5.75 Å². The van der Waals surface area contributed by atoms with E-state index < -0.39 is 5.82 Å². The Morgan fingerprint density at radius 2 is 1.97 bits per heavy atom. The second-order valence-electron chi connectivity index (χ2n) is 7.13. The first-order valence-corrected chi connectivity index (χ1v) is 12.3. The third kappa shape index (κ3) is 6.30. The van der Waals surface area contributed by atoms with Crippen molar-refractivity contribution >= 4 is 34.7 Å². The van der Waals surface area contributed by atoms with Crippen LogP contribution in [-0.4, -0.2) is 25.7 Å². The quantitative estimate of drug-likeness (QED) is 0.230. The van der Waals surface area contributed by atoms with E-state index in [0.717, 1.165) is 16.4 Å². The molecule has 0 fully saturated rings. The molecule has 0 aliphatic heterocycles. The van der Waals surface area contributed by atoms with E-state index in [1.807, 2.05) is 40.3 Å². The van der Waals surface area contributed by atoms with E-state index in [9.17, 15) is 9.18 Å². The Morgan fingerprint density at radius 1 is 1.18 bits per heavy atom. The predicted octanol–water partition coefficient (Wildman–Crippen LogP) is 5.11. The fraction of sp³-hybridized carbons (Fsp3) is 0.167. The van der Waals surface area contributed by atoms with Crippen molar-refractivity contribution in [2.24, 2.45) is 0 Å². The van der Waals surface area contributed by atoms with Gasteiger partial charge in [-0.15, -0.1) is 28.1 Å². The Bertz CT molecular complexity index is 1260. The molecule has 0 unspecified atom stereocenters. The summed E-state index contributed by atoms with van der Waals surface area (Å²) in [5, 5.41) is 14.7. The minimum absolute atomic E-state index is 0.0830. The number of rotatable bonds is 11. The first-order valence-electron chi connectivity index (χ1n) is 10.4. The van der Waals surface area contributed by atoms with Crippen molar-refractivity contribution in [3.05, 3.63) is 95.0 Å². The summed E-state index contributed by atoms with van der Waals surface area (Å²) in [6.07, 6.45) is 1.96. The number of hydrogen-bond donors (Lipinski definition) is 1. The molecule has 4 aromatic rings. The Labute approximate surface area is 204 Å². The number of benzene rings is 2. The van der Waals surface area contributed by atoms with Crippen molar-refractivity contribution in [1.29, 1.82) is 0 Å². The average molecular weight is 496 g/mol. The topological polar surface area (TPSA) is 81.9 Å². The van der Waals surface area contributed by atoms with Gasteiger partial charge in [-0.25, -0.2) is 9.37 Å². The van der Waals surface area contributed by atoms with Crippen LogP contribution in [0.3, 0.4) is 0 Å². The zero-order valence-corrected chi connectivity index (χ0v) is 19.8. The SMILES string of the molecule is C=CCn1c(COc2ccccc2F)nnc1SCc1csc(CC(=O)Nc2ccccc2)n1. The molecule has 2 heterocycles. The van der Waals surface area contributed by atoms with E-state index in [1.54, 1.807) is 24.3 Å². The Balaban J connectivity index is 1.34. The summed E-state index contributed by atoms with van der Waals surface area (Å²) >= 11 is 2.93. The van der Waals surface area contributed by atoms with Crippen LogP contribution in [0.1, 0.15) is 16.5 Å². The molecule has 0 saturated heterocycles. The van der Waals surface area contributed by atoms with Crippen LogP contribution >= 0.6 is 23.1 Å². The number of nitrogens with one attached hydrogen (secondary N) is 1. The molecule has 0 atom stereocenters. The van der Waals surface area contributed by atoms with Gasteiger partial charge in [0.05, 0.1) is 12.1 Å². The molecular weight excluding hydrogens is 473 g/mol. The molecule has 0 bridgehead atoms. The summed E-state index contributed by atoms with van der Waals surface area (Å²) in [7, 11) is 0. The lowest BCUT2D eigenvalue weighted by Gasteiger charge is -2.09. The molecular formula is C24H22FN5O2S2. The molecule has 2 aromatic carbocycles. The number of aromatic nitrogens is 4. The molecule has 0 aliphatic carbocycles. The third-order valence-corrected chi connectivity index (χ3v) is 6.51. The van der Waals surface area contributed by atoms with Gasteiger partial charge in [-0.2, -0.15) is 0 Å². The number of carbonyl (C=O) groups excluding carboxylic acids is 1. The number of ether oxygens (including phenoxy) is 1. The van der Waals surface area contributed by atoms with Crippen LogP contribution < -0.4 is 10.1 Å². The molecule has 0 radical (unpaired) electrons. The minimum atomic E-state index is -0.427. The molecule has 34 heavy (non-hydrogen) atoms. The summed E-state index contributed by atoms with van der Waals surface area (Å²) in [6.45, 7) is 4.37. The van der Waals surface area contributed by atoms with Crippen molar-refractivity contribution in [2.75, 3.05) is 5.32 Å². The van der Waals surface area contributed by atoms with Crippen molar-refractivity contribution in [1.82, 2.24) is 19.7 Å². The number of thiazole rings is 1. The summed E-state index contributed by atoms with van der Waals surface area (Å²) in [5.74, 6) is 0.771. The summed E-state index contributed by atoms with van der Waals surface area (Å²) in [4.78, 5) is 16.8. The smallest absolute Gasteiger partial charge is 0.231 e.